The van der Waals surface area contributed by atoms with E-state index in [9.17, 15) is 10.2 Å². The summed E-state index contributed by atoms with van der Waals surface area (Å²) in [5.74, 6) is 0. The van der Waals surface area contributed by atoms with E-state index in [0.717, 1.165) is 11.1 Å². The second-order valence-corrected chi connectivity index (χ2v) is 3.86. The lowest BCUT2D eigenvalue weighted by Crippen LogP contribution is -2.15. The minimum absolute atomic E-state index is 0.448. The predicted octanol–water partition coefficient (Wildman–Crippen LogP) is 1.97. The highest BCUT2D eigenvalue weighted by Crippen LogP contribution is 2.21. The molecular weight excluding hydrogens is 164 g/mol. The van der Waals surface area contributed by atoms with Gasteiger partial charge in [0.25, 0.3) is 0 Å². The molecule has 0 spiro atoms. The summed E-state index contributed by atoms with van der Waals surface area (Å²) < 4.78 is 0. The number of aliphatic hydroxyl groups is 2. The first-order valence-corrected chi connectivity index (χ1v) is 4.42. The third kappa shape index (κ3) is 2.54. The predicted molar refractivity (Wildman–Crippen MR) is 52.3 cm³/mol. The van der Waals surface area contributed by atoms with E-state index in [0.29, 0.717) is 0 Å². The highest BCUT2D eigenvalue weighted by Gasteiger charge is 2.15. The SMILES string of the molecule is CC(O)c1ccc(C(C)(C)O)cc1. The molecule has 0 aromatic heterocycles. The molecule has 1 unspecified atom stereocenters. The van der Waals surface area contributed by atoms with E-state index in [1.807, 2.05) is 24.3 Å². The first-order valence-electron chi connectivity index (χ1n) is 4.42. The van der Waals surface area contributed by atoms with Crippen LogP contribution < -0.4 is 0 Å². The third-order valence-electron chi connectivity index (χ3n) is 2.10. The smallest absolute Gasteiger partial charge is 0.0840 e. The van der Waals surface area contributed by atoms with E-state index in [-0.39, 0.29) is 0 Å². The van der Waals surface area contributed by atoms with Crippen molar-refractivity contribution in [1.29, 1.82) is 0 Å². The molecule has 2 N–H and O–H groups in total. The Kier molecular flexibility index (Phi) is 2.74. The molecule has 1 rings (SSSR count). The second-order valence-electron chi connectivity index (χ2n) is 3.86. The molecule has 0 fully saturated rings. The summed E-state index contributed by atoms with van der Waals surface area (Å²) in [4.78, 5) is 0. The molecule has 0 radical (unpaired) electrons. The molecule has 0 bridgehead atoms. The van der Waals surface area contributed by atoms with E-state index < -0.39 is 11.7 Å². The molecule has 2 nitrogen and oxygen atoms in total. The lowest BCUT2D eigenvalue weighted by molar-refractivity contribution is 0.0785. The lowest BCUT2D eigenvalue weighted by atomic mass is 9.96. The molecule has 1 atom stereocenters. The third-order valence-corrected chi connectivity index (χ3v) is 2.10. The number of hydrogen-bond donors (Lipinski definition) is 2. The van der Waals surface area contributed by atoms with Gasteiger partial charge in [0.1, 0.15) is 0 Å². The van der Waals surface area contributed by atoms with Crippen molar-refractivity contribution in [3.8, 4) is 0 Å². The summed E-state index contributed by atoms with van der Waals surface area (Å²) >= 11 is 0. The van der Waals surface area contributed by atoms with Crippen molar-refractivity contribution in [2.45, 2.75) is 32.5 Å². The van der Waals surface area contributed by atoms with Gasteiger partial charge in [0, 0.05) is 0 Å². The maximum Gasteiger partial charge on any atom is 0.0840 e. The summed E-state index contributed by atoms with van der Waals surface area (Å²) in [6.45, 7) is 5.20. The van der Waals surface area contributed by atoms with Crippen LogP contribution >= 0.6 is 0 Å². The summed E-state index contributed by atoms with van der Waals surface area (Å²) in [5, 5.41) is 18.9. The van der Waals surface area contributed by atoms with Gasteiger partial charge in [0.05, 0.1) is 11.7 Å². The van der Waals surface area contributed by atoms with Gasteiger partial charge in [-0.2, -0.15) is 0 Å². The summed E-state index contributed by atoms with van der Waals surface area (Å²) in [6.07, 6.45) is -0.448. The van der Waals surface area contributed by atoms with Crippen molar-refractivity contribution in [3.63, 3.8) is 0 Å². The van der Waals surface area contributed by atoms with Crippen LogP contribution in [-0.4, -0.2) is 10.2 Å². The molecule has 0 amide bonds. The van der Waals surface area contributed by atoms with Crippen molar-refractivity contribution in [3.05, 3.63) is 35.4 Å². The van der Waals surface area contributed by atoms with Gasteiger partial charge in [0.15, 0.2) is 0 Å². The van der Waals surface area contributed by atoms with Gasteiger partial charge >= 0.3 is 0 Å². The van der Waals surface area contributed by atoms with Crippen LogP contribution in [0.3, 0.4) is 0 Å². The fraction of sp³-hybridized carbons (Fsp3) is 0.455. The zero-order valence-corrected chi connectivity index (χ0v) is 8.28. The Morgan fingerprint density at radius 3 is 1.92 bits per heavy atom. The number of rotatable bonds is 2. The highest BCUT2D eigenvalue weighted by atomic mass is 16.3. The molecule has 0 heterocycles. The average molecular weight is 180 g/mol. The Labute approximate surface area is 78.8 Å². The van der Waals surface area contributed by atoms with Gasteiger partial charge in [-0.3, -0.25) is 0 Å². The Bertz CT molecular complexity index is 267. The quantitative estimate of drug-likeness (QED) is 0.730. The maximum absolute atomic E-state index is 9.66. The molecule has 1 aromatic rings. The van der Waals surface area contributed by atoms with Gasteiger partial charge in [-0.15, -0.1) is 0 Å². The van der Waals surface area contributed by atoms with Gasteiger partial charge in [0.2, 0.25) is 0 Å². The van der Waals surface area contributed by atoms with Crippen LogP contribution in [-0.2, 0) is 5.60 Å². The van der Waals surface area contributed by atoms with Gasteiger partial charge in [-0.05, 0) is 31.9 Å². The van der Waals surface area contributed by atoms with Crippen molar-refractivity contribution in [1.82, 2.24) is 0 Å². The summed E-state index contributed by atoms with van der Waals surface area (Å²) in [5.41, 5.74) is 0.918. The Morgan fingerprint density at radius 1 is 1.15 bits per heavy atom. The van der Waals surface area contributed by atoms with E-state index >= 15 is 0 Å². The average Bonchev–Trinajstić information content (AvgIpc) is 2.03. The standard InChI is InChI=1S/C11H16O2/c1-8(12)9-4-6-10(7-5-9)11(2,3)13/h4-8,12-13H,1-3H3. The summed E-state index contributed by atoms with van der Waals surface area (Å²) in [6, 6.07) is 7.33. The molecule has 1 aromatic carbocycles. The van der Waals surface area contributed by atoms with Crippen LogP contribution in [0.25, 0.3) is 0 Å². The second kappa shape index (κ2) is 3.48. The van der Waals surface area contributed by atoms with Gasteiger partial charge in [-0.25, -0.2) is 0 Å². The van der Waals surface area contributed by atoms with Crippen molar-refractivity contribution >= 4 is 0 Å². The molecule has 0 aliphatic rings. The van der Waals surface area contributed by atoms with Crippen molar-refractivity contribution in [2.24, 2.45) is 0 Å². The van der Waals surface area contributed by atoms with Crippen molar-refractivity contribution in [2.75, 3.05) is 0 Å². The molecular formula is C11H16O2. The van der Waals surface area contributed by atoms with Crippen molar-refractivity contribution < 1.29 is 10.2 Å². The fourth-order valence-electron chi connectivity index (χ4n) is 1.17. The number of aliphatic hydroxyl groups excluding tert-OH is 1. The van der Waals surface area contributed by atoms with E-state index in [1.165, 1.54) is 0 Å². The van der Waals surface area contributed by atoms with Gasteiger partial charge < -0.3 is 10.2 Å². The largest absolute Gasteiger partial charge is 0.389 e. The zero-order valence-electron chi connectivity index (χ0n) is 8.28. The first kappa shape index (κ1) is 10.2. The van der Waals surface area contributed by atoms with Gasteiger partial charge in [-0.1, -0.05) is 24.3 Å². The monoisotopic (exact) mass is 180 g/mol. The molecule has 0 aliphatic heterocycles. The van der Waals surface area contributed by atoms with E-state index in [2.05, 4.69) is 0 Å². The topological polar surface area (TPSA) is 40.5 Å². The molecule has 72 valence electrons. The lowest BCUT2D eigenvalue weighted by Gasteiger charge is -2.18. The molecule has 0 aliphatic carbocycles. The molecule has 13 heavy (non-hydrogen) atoms. The zero-order chi connectivity index (χ0) is 10.1. The minimum atomic E-state index is -0.808. The van der Waals surface area contributed by atoms with E-state index in [4.69, 9.17) is 0 Å². The summed E-state index contributed by atoms with van der Waals surface area (Å²) in [7, 11) is 0. The Balaban J connectivity index is 2.94. The number of hydrogen-bond acceptors (Lipinski definition) is 2. The Morgan fingerprint density at radius 2 is 1.62 bits per heavy atom. The normalized spacial score (nSPS) is 14.2. The van der Waals surface area contributed by atoms with Crippen LogP contribution in [0.2, 0.25) is 0 Å². The maximum atomic E-state index is 9.66. The van der Waals surface area contributed by atoms with Crippen LogP contribution in [0.15, 0.2) is 24.3 Å². The van der Waals surface area contributed by atoms with Crippen LogP contribution in [0, 0.1) is 0 Å². The molecule has 2 heteroatoms. The van der Waals surface area contributed by atoms with E-state index in [1.54, 1.807) is 20.8 Å². The van der Waals surface area contributed by atoms with Crippen LogP contribution in [0.4, 0.5) is 0 Å². The highest BCUT2D eigenvalue weighted by molar-refractivity contribution is 5.27. The van der Waals surface area contributed by atoms with Crippen LogP contribution in [0.5, 0.6) is 0 Å². The minimum Gasteiger partial charge on any atom is -0.389 e. The van der Waals surface area contributed by atoms with Crippen LogP contribution in [0.1, 0.15) is 38.0 Å². The first-order chi connectivity index (χ1) is 5.91. The molecule has 0 saturated heterocycles. The Hall–Kier alpha value is -0.860. The molecule has 0 saturated carbocycles. The fourth-order valence-corrected chi connectivity index (χ4v) is 1.17. The number of benzene rings is 1.